The van der Waals surface area contributed by atoms with Gasteiger partial charge in [-0.05, 0) is 27.7 Å². The second-order valence-corrected chi connectivity index (χ2v) is 8.32. The second-order valence-electron chi connectivity index (χ2n) is 8.32. The van der Waals surface area contributed by atoms with Gasteiger partial charge in [0.1, 0.15) is 28.3 Å². The second kappa shape index (κ2) is 8.76. The summed E-state index contributed by atoms with van der Waals surface area (Å²) in [7, 11) is 0. The molecular weight excluding hydrogens is 457 g/mol. The van der Waals surface area contributed by atoms with Crippen molar-refractivity contribution in [2.45, 2.75) is 51.7 Å². The molecule has 3 heterocycles. The van der Waals surface area contributed by atoms with Crippen LogP contribution in [0.25, 0.3) is 11.3 Å². The number of anilines is 2. The Hall–Kier alpha value is -3.97. The Balaban J connectivity index is 1.74. The van der Waals surface area contributed by atoms with Crippen molar-refractivity contribution in [3.8, 4) is 11.3 Å². The van der Waals surface area contributed by atoms with E-state index < -0.39 is 29.2 Å². The number of carbonyl (C=O) groups is 2. The van der Waals surface area contributed by atoms with E-state index in [0.29, 0.717) is 5.56 Å². The summed E-state index contributed by atoms with van der Waals surface area (Å²) in [4.78, 5) is 32.3. The molecule has 14 heteroatoms. The Morgan fingerprint density at radius 2 is 1.82 bits per heavy atom. The molecule has 0 atom stereocenters. The molecule has 0 spiro atoms. The number of nitrogens with zero attached hydrogens (tertiary/aromatic N) is 5. The van der Waals surface area contributed by atoms with Crippen LogP contribution in [-0.2, 0) is 16.6 Å². The van der Waals surface area contributed by atoms with E-state index in [9.17, 15) is 22.8 Å². The van der Waals surface area contributed by atoms with Gasteiger partial charge < -0.3 is 21.3 Å². The SMILES string of the molecule is CC(C)n1nc(-c2cnc(CC(=O)Nc3cc(C(C)(C)C(F)(F)F)on3)nc2)c(C(N)=O)c1N. The van der Waals surface area contributed by atoms with Crippen LogP contribution in [0.1, 0.15) is 55.7 Å². The molecule has 0 aliphatic rings. The van der Waals surface area contributed by atoms with Crippen LogP contribution in [0.2, 0.25) is 0 Å². The maximum absolute atomic E-state index is 13.1. The van der Waals surface area contributed by atoms with Gasteiger partial charge in [-0.1, -0.05) is 5.16 Å². The lowest BCUT2D eigenvalue weighted by atomic mass is 9.89. The Morgan fingerprint density at radius 1 is 1.21 bits per heavy atom. The van der Waals surface area contributed by atoms with E-state index in [1.807, 2.05) is 13.8 Å². The van der Waals surface area contributed by atoms with Crippen LogP contribution in [0, 0.1) is 0 Å². The number of carbonyl (C=O) groups excluding carboxylic acids is 2. The van der Waals surface area contributed by atoms with E-state index in [2.05, 4.69) is 25.5 Å². The third-order valence-electron chi connectivity index (χ3n) is 5.08. The number of alkyl halides is 3. The summed E-state index contributed by atoms with van der Waals surface area (Å²) < 4.78 is 45.6. The van der Waals surface area contributed by atoms with Crippen LogP contribution in [0.3, 0.4) is 0 Å². The van der Waals surface area contributed by atoms with Crippen molar-refractivity contribution in [3.05, 3.63) is 35.6 Å². The van der Waals surface area contributed by atoms with Crippen LogP contribution in [0.15, 0.2) is 23.0 Å². The molecule has 5 N–H and O–H groups in total. The Bertz CT molecular complexity index is 1210. The summed E-state index contributed by atoms with van der Waals surface area (Å²) in [6, 6.07) is 0.880. The number of hydrogen-bond donors (Lipinski definition) is 3. The van der Waals surface area contributed by atoms with Gasteiger partial charge in [-0.15, -0.1) is 0 Å². The highest BCUT2D eigenvalue weighted by Gasteiger charge is 2.51. The highest BCUT2D eigenvalue weighted by molar-refractivity contribution is 6.03. The van der Waals surface area contributed by atoms with Crippen molar-refractivity contribution in [2.75, 3.05) is 11.1 Å². The molecule has 3 rings (SSSR count). The van der Waals surface area contributed by atoms with Gasteiger partial charge in [0, 0.05) is 30.1 Å². The number of aromatic nitrogens is 5. The van der Waals surface area contributed by atoms with Crippen molar-refractivity contribution in [1.29, 1.82) is 0 Å². The lowest BCUT2D eigenvalue weighted by Gasteiger charge is -2.24. The standard InChI is InChI=1S/C20H23F3N8O3/c1-9(2)31-17(24)15(18(25)33)16(29-31)10-7-26-12(27-8-10)6-14(32)28-13-5-11(34-30-13)19(3,4)20(21,22)23/h5,7-9H,6,24H2,1-4H3,(H2,25,33)(H,28,30,32). The fraction of sp³-hybridized carbons (Fsp3) is 0.400. The van der Waals surface area contributed by atoms with Crippen molar-refractivity contribution >= 4 is 23.5 Å². The third-order valence-corrected chi connectivity index (χ3v) is 5.08. The summed E-state index contributed by atoms with van der Waals surface area (Å²) >= 11 is 0. The number of amides is 2. The van der Waals surface area contributed by atoms with Gasteiger partial charge >= 0.3 is 6.18 Å². The number of primary amides is 1. The smallest absolute Gasteiger partial charge is 0.383 e. The van der Waals surface area contributed by atoms with Crippen molar-refractivity contribution in [3.63, 3.8) is 0 Å². The first-order valence-electron chi connectivity index (χ1n) is 10.0. The summed E-state index contributed by atoms with van der Waals surface area (Å²) in [5.74, 6) is -1.78. The Kier molecular flexibility index (Phi) is 6.35. The van der Waals surface area contributed by atoms with Gasteiger partial charge in [-0.25, -0.2) is 14.6 Å². The molecule has 3 aromatic rings. The van der Waals surface area contributed by atoms with Crippen LogP contribution in [0.4, 0.5) is 24.8 Å². The quantitative estimate of drug-likeness (QED) is 0.464. The molecule has 0 saturated carbocycles. The zero-order valence-corrected chi connectivity index (χ0v) is 18.8. The molecule has 0 aromatic carbocycles. The molecule has 0 saturated heterocycles. The largest absolute Gasteiger partial charge is 0.401 e. The van der Waals surface area contributed by atoms with E-state index in [-0.39, 0.29) is 41.2 Å². The summed E-state index contributed by atoms with van der Waals surface area (Å²) in [5, 5.41) is 10.1. The Labute approximate surface area is 191 Å². The van der Waals surface area contributed by atoms with E-state index in [1.54, 1.807) is 0 Å². The predicted molar refractivity (Wildman–Crippen MR) is 114 cm³/mol. The predicted octanol–water partition coefficient (Wildman–Crippen LogP) is 2.61. The molecule has 0 radical (unpaired) electrons. The molecule has 0 bridgehead atoms. The minimum atomic E-state index is -4.56. The van der Waals surface area contributed by atoms with Gasteiger partial charge in [0.2, 0.25) is 5.91 Å². The average Bonchev–Trinajstić information content (AvgIpc) is 3.32. The fourth-order valence-corrected chi connectivity index (χ4v) is 2.95. The minimum absolute atomic E-state index is 0.0337. The Morgan fingerprint density at radius 3 is 2.35 bits per heavy atom. The normalized spacial score (nSPS) is 12.2. The molecule has 0 aliphatic carbocycles. The number of nitrogen functional groups attached to an aromatic ring is 1. The summed E-state index contributed by atoms with van der Waals surface area (Å²) in [5.41, 5.74) is 9.76. The number of nitrogens with two attached hydrogens (primary N) is 2. The summed E-state index contributed by atoms with van der Waals surface area (Å²) in [6.45, 7) is 5.54. The van der Waals surface area contributed by atoms with Gasteiger partial charge in [0.25, 0.3) is 5.91 Å². The first-order chi connectivity index (χ1) is 15.7. The van der Waals surface area contributed by atoms with Crippen LogP contribution in [0.5, 0.6) is 0 Å². The average molecular weight is 480 g/mol. The van der Waals surface area contributed by atoms with Crippen molar-refractivity contribution in [2.24, 2.45) is 5.73 Å². The molecule has 0 unspecified atom stereocenters. The number of nitrogens with one attached hydrogen (secondary N) is 1. The highest BCUT2D eigenvalue weighted by Crippen LogP contribution is 2.41. The van der Waals surface area contributed by atoms with Crippen LogP contribution >= 0.6 is 0 Å². The monoisotopic (exact) mass is 480 g/mol. The third kappa shape index (κ3) is 4.70. The minimum Gasteiger partial charge on any atom is -0.383 e. The van der Waals surface area contributed by atoms with Gasteiger partial charge in [-0.2, -0.15) is 18.3 Å². The first kappa shape index (κ1) is 24.7. The van der Waals surface area contributed by atoms with Gasteiger partial charge in [0.15, 0.2) is 11.6 Å². The van der Waals surface area contributed by atoms with E-state index in [1.165, 1.54) is 17.1 Å². The zero-order chi connectivity index (χ0) is 25.4. The molecule has 182 valence electrons. The summed E-state index contributed by atoms with van der Waals surface area (Å²) in [6.07, 6.45) is -2.15. The molecule has 11 nitrogen and oxygen atoms in total. The topological polar surface area (TPSA) is 168 Å². The van der Waals surface area contributed by atoms with E-state index in [0.717, 1.165) is 19.9 Å². The molecule has 3 aromatic heterocycles. The molecule has 0 aliphatic heterocycles. The lowest BCUT2D eigenvalue weighted by Crippen LogP contribution is -2.35. The molecule has 34 heavy (non-hydrogen) atoms. The van der Waals surface area contributed by atoms with Crippen LogP contribution < -0.4 is 16.8 Å². The number of rotatable bonds is 7. The van der Waals surface area contributed by atoms with Gasteiger partial charge in [-0.3, -0.25) is 9.59 Å². The fourth-order valence-electron chi connectivity index (χ4n) is 2.95. The molecule has 2 amide bonds. The lowest BCUT2D eigenvalue weighted by molar-refractivity contribution is -0.185. The first-order valence-corrected chi connectivity index (χ1v) is 10.0. The van der Waals surface area contributed by atoms with E-state index >= 15 is 0 Å². The number of hydrogen-bond acceptors (Lipinski definition) is 8. The van der Waals surface area contributed by atoms with Gasteiger partial charge in [0.05, 0.1) is 6.42 Å². The zero-order valence-electron chi connectivity index (χ0n) is 18.8. The maximum Gasteiger partial charge on any atom is 0.401 e. The molecule has 0 fully saturated rings. The number of halogens is 3. The maximum atomic E-state index is 13.1. The van der Waals surface area contributed by atoms with E-state index in [4.69, 9.17) is 16.0 Å². The van der Waals surface area contributed by atoms with Crippen molar-refractivity contribution in [1.82, 2.24) is 24.9 Å². The van der Waals surface area contributed by atoms with Crippen LogP contribution in [-0.4, -0.2) is 42.9 Å². The van der Waals surface area contributed by atoms with Crippen molar-refractivity contribution < 1.29 is 27.3 Å². The highest BCUT2D eigenvalue weighted by atomic mass is 19.4. The molecular formula is C20H23F3N8O3.